The Morgan fingerprint density at radius 2 is 1.60 bits per heavy atom. The molecular weight excluding hydrogens is 536 g/mol. The van der Waals surface area contributed by atoms with E-state index in [0.29, 0.717) is 5.56 Å². The summed E-state index contributed by atoms with van der Waals surface area (Å²) >= 11 is 0. The molecule has 0 aromatic heterocycles. The molecule has 2 aromatic rings. The van der Waals surface area contributed by atoms with Gasteiger partial charge in [-0.15, -0.1) is 0 Å². The van der Waals surface area contributed by atoms with E-state index in [2.05, 4.69) is 0 Å². The molecule has 0 bridgehead atoms. The SMILES string of the molecule is O=C1C[C@@H](c2ccc(O)cc2)Oc2c1c(O)cc(O[C@@H]1O[C@H](CO)[C@@H](O)[C@H](O)[C@H]1O)c2[C@@H]1OC[C@H](O)[C@H](O)[C@H]1O. The Labute approximate surface area is 226 Å². The number of Topliss-reactive ketones (excluding diaryl/α,β-unsaturated/α-hetero) is 1. The fourth-order valence-corrected chi connectivity index (χ4v) is 5.08. The number of ketones is 1. The van der Waals surface area contributed by atoms with E-state index >= 15 is 0 Å². The number of aliphatic hydroxyl groups excluding tert-OH is 7. The topological polar surface area (TPSA) is 236 Å². The molecule has 0 spiro atoms. The van der Waals surface area contributed by atoms with Crippen molar-refractivity contribution < 1.29 is 69.7 Å². The van der Waals surface area contributed by atoms with Crippen molar-refractivity contribution in [2.75, 3.05) is 13.2 Å². The van der Waals surface area contributed by atoms with Crippen LogP contribution in [0.1, 0.15) is 40.1 Å². The van der Waals surface area contributed by atoms with Crippen LogP contribution in [0.2, 0.25) is 0 Å². The normalized spacial score (nSPS) is 36.0. The summed E-state index contributed by atoms with van der Waals surface area (Å²) in [7, 11) is 0. The van der Waals surface area contributed by atoms with Gasteiger partial charge < -0.3 is 64.9 Å². The highest BCUT2D eigenvalue weighted by Gasteiger charge is 2.48. The lowest BCUT2D eigenvalue weighted by Gasteiger charge is -2.41. The van der Waals surface area contributed by atoms with Crippen molar-refractivity contribution in [3.63, 3.8) is 0 Å². The number of phenols is 2. The Balaban J connectivity index is 1.61. The van der Waals surface area contributed by atoms with Gasteiger partial charge in [-0.1, -0.05) is 12.1 Å². The van der Waals surface area contributed by atoms with Gasteiger partial charge in [0.25, 0.3) is 0 Å². The van der Waals surface area contributed by atoms with Gasteiger partial charge in [0.05, 0.1) is 25.2 Å². The van der Waals surface area contributed by atoms with E-state index in [4.69, 9.17) is 18.9 Å². The maximum Gasteiger partial charge on any atom is 0.229 e. The van der Waals surface area contributed by atoms with Gasteiger partial charge in [-0.3, -0.25) is 4.79 Å². The zero-order valence-corrected chi connectivity index (χ0v) is 20.8. The van der Waals surface area contributed by atoms with Gasteiger partial charge in [-0.2, -0.15) is 0 Å². The van der Waals surface area contributed by atoms with Crippen molar-refractivity contribution in [2.45, 2.75) is 67.6 Å². The molecule has 0 saturated carbocycles. The number of carbonyl (C=O) groups is 1. The monoisotopic (exact) mass is 566 g/mol. The van der Waals surface area contributed by atoms with Gasteiger partial charge in [0, 0.05) is 6.07 Å². The first-order valence-corrected chi connectivity index (χ1v) is 12.5. The Bertz CT molecular complexity index is 1230. The first-order chi connectivity index (χ1) is 19.0. The van der Waals surface area contributed by atoms with Crippen molar-refractivity contribution in [2.24, 2.45) is 0 Å². The molecule has 10 atom stereocenters. The molecule has 3 heterocycles. The van der Waals surface area contributed by atoms with E-state index in [1.54, 1.807) is 0 Å². The van der Waals surface area contributed by atoms with E-state index in [-0.39, 0.29) is 34.8 Å². The van der Waals surface area contributed by atoms with E-state index in [1.807, 2.05) is 0 Å². The molecule has 3 aliphatic heterocycles. The second-order valence-electron chi connectivity index (χ2n) is 9.95. The molecule has 14 nitrogen and oxygen atoms in total. The summed E-state index contributed by atoms with van der Waals surface area (Å²) in [4.78, 5) is 13.2. The van der Waals surface area contributed by atoms with Crippen LogP contribution < -0.4 is 9.47 Å². The van der Waals surface area contributed by atoms with Crippen LogP contribution >= 0.6 is 0 Å². The van der Waals surface area contributed by atoms with Crippen molar-refractivity contribution >= 4 is 5.78 Å². The Hall–Kier alpha value is -3.05. The Morgan fingerprint density at radius 1 is 0.900 bits per heavy atom. The smallest absolute Gasteiger partial charge is 0.229 e. The lowest BCUT2D eigenvalue weighted by atomic mass is 9.88. The first-order valence-electron chi connectivity index (χ1n) is 12.5. The maximum absolute atomic E-state index is 13.2. The molecule has 2 fully saturated rings. The zero-order valence-electron chi connectivity index (χ0n) is 20.8. The minimum absolute atomic E-state index is 0.0221. The number of rotatable bonds is 5. The summed E-state index contributed by atoms with van der Waals surface area (Å²) in [6.45, 7) is -1.18. The van der Waals surface area contributed by atoms with Gasteiger partial charge in [0.2, 0.25) is 6.29 Å². The summed E-state index contributed by atoms with van der Waals surface area (Å²) in [6, 6.07) is 6.81. The fraction of sp³-hybridized carbons (Fsp3) is 0.500. The highest BCUT2D eigenvalue weighted by molar-refractivity contribution is 6.03. The first kappa shape index (κ1) is 28.5. The number of aromatic hydroxyl groups is 2. The van der Waals surface area contributed by atoms with Gasteiger partial charge >= 0.3 is 0 Å². The van der Waals surface area contributed by atoms with Crippen molar-refractivity contribution in [1.82, 2.24) is 0 Å². The number of aliphatic hydroxyl groups is 7. The predicted octanol–water partition coefficient (Wildman–Crippen LogP) is -1.86. The number of benzene rings is 2. The highest BCUT2D eigenvalue weighted by atomic mass is 16.7. The minimum atomic E-state index is -1.85. The summed E-state index contributed by atoms with van der Waals surface area (Å²) in [6.07, 6.45) is -15.9. The number of phenolic OH excluding ortho intramolecular Hbond substituents is 2. The molecule has 0 amide bonds. The lowest BCUT2D eigenvalue weighted by molar-refractivity contribution is -0.278. The van der Waals surface area contributed by atoms with Crippen LogP contribution in [0.15, 0.2) is 30.3 Å². The van der Waals surface area contributed by atoms with Crippen LogP contribution in [0.3, 0.4) is 0 Å². The molecular formula is C26H30O14. The Kier molecular flexibility index (Phi) is 7.89. The summed E-state index contributed by atoms with van der Waals surface area (Å²) in [5.41, 5.74) is 0.0331. The zero-order chi connectivity index (χ0) is 28.9. The standard InChI is InChI=1S/C26H30O14/c27-7-16-20(33)21(34)23(36)26(40-16)39-15-6-12(30)17-11(29)5-14(9-1-3-10(28)4-2-9)38-24(17)18(15)25-22(35)19(32)13(31)8-37-25/h1-4,6,13-14,16,19-23,25-28,30-36H,5,7-8H2/t13-,14-,16+,19-,20+,21-,22+,23+,25-,26+/m0/s1. The van der Waals surface area contributed by atoms with Crippen LogP contribution in [0.5, 0.6) is 23.0 Å². The minimum Gasteiger partial charge on any atom is -0.508 e. The number of hydrogen-bond donors (Lipinski definition) is 9. The third-order valence-corrected chi connectivity index (χ3v) is 7.31. The van der Waals surface area contributed by atoms with Gasteiger partial charge in [-0.05, 0) is 17.7 Å². The van der Waals surface area contributed by atoms with E-state index in [1.165, 1.54) is 24.3 Å². The van der Waals surface area contributed by atoms with Crippen molar-refractivity contribution in [3.05, 3.63) is 47.0 Å². The molecule has 14 heteroatoms. The molecule has 218 valence electrons. The largest absolute Gasteiger partial charge is 0.508 e. The number of fused-ring (bicyclic) bond motifs is 1. The van der Waals surface area contributed by atoms with Crippen LogP contribution in [0.25, 0.3) is 0 Å². The molecule has 2 saturated heterocycles. The van der Waals surface area contributed by atoms with Crippen LogP contribution in [0.4, 0.5) is 0 Å². The second-order valence-corrected chi connectivity index (χ2v) is 9.95. The molecule has 2 aromatic carbocycles. The van der Waals surface area contributed by atoms with E-state index in [0.717, 1.165) is 6.07 Å². The number of ether oxygens (including phenoxy) is 4. The third-order valence-electron chi connectivity index (χ3n) is 7.31. The summed E-state index contributed by atoms with van der Waals surface area (Å²) < 4.78 is 22.9. The van der Waals surface area contributed by atoms with Gasteiger partial charge in [0.1, 0.15) is 83.5 Å². The van der Waals surface area contributed by atoms with Gasteiger partial charge in [0.15, 0.2) is 5.78 Å². The second kappa shape index (κ2) is 11.1. The average molecular weight is 567 g/mol. The summed E-state index contributed by atoms with van der Waals surface area (Å²) in [5, 5.41) is 92.0. The van der Waals surface area contributed by atoms with Crippen molar-refractivity contribution in [3.8, 4) is 23.0 Å². The van der Waals surface area contributed by atoms with E-state index < -0.39 is 86.0 Å². The van der Waals surface area contributed by atoms with Crippen LogP contribution in [-0.4, -0.2) is 114 Å². The van der Waals surface area contributed by atoms with E-state index in [9.17, 15) is 50.8 Å². The highest BCUT2D eigenvalue weighted by Crippen LogP contribution is 2.50. The van der Waals surface area contributed by atoms with Crippen molar-refractivity contribution in [1.29, 1.82) is 0 Å². The Morgan fingerprint density at radius 3 is 2.27 bits per heavy atom. The quantitative estimate of drug-likeness (QED) is 0.193. The van der Waals surface area contributed by atoms with Crippen LogP contribution in [-0.2, 0) is 9.47 Å². The predicted molar refractivity (Wildman–Crippen MR) is 130 cm³/mol. The molecule has 5 rings (SSSR count). The molecule has 40 heavy (non-hydrogen) atoms. The molecule has 0 unspecified atom stereocenters. The molecule has 3 aliphatic rings. The number of hydrogen-bond acceptors (Lipinski definition) is 14. The average Bonchev–Trinajstić information content (AvgIpc) is 2.93. The number of carbonyl (C=O) groups excluding carboxylic acids is 1. The van der Waals surface area contributed by atoms with Crippen LogP contribution in [0, 0.1) is 0 Å². The molecule has 9 N–H and O–H groups in total. The van der Waals surface area contributed by atoms with Gasteiger partial charge in [-0.25, -0.2) is 0 Å². The summed E-state index contributed by atoms with van der Waals surface area (Å²) in [5.74, 6) is -1.80. The maximum atomic E-state index is 13.2. The fourth-order valence-electron chi connectivity index (χ4n) is 5.08. The molecule has 0 radical (unpaired) electrons. The lowest BCUT2D eigenvalue weighted by Crippen LogP contribution is -2.60. The molecule has 0 aliphatic carbocycles. The third kappa shape index (κ3) is 4.98.